The fraction of sp³-hybridized carbons (Fsp3) is 0.133. The molecule has 2 atom stereocenters. The first kappa shape index (κ1) is 28.1. The molecule has 12 heteroatoms. The van der Waals surface area contributed by atoms with Crippen molar-refractivity contribution in [2.24, 2.45) is 10.2 Å². The molecule has 1 aliphatic rings. The minimum atomic E-state index is -0.870. The molecule has 212 valence electrons. The van der Waals surface area contributed by atoms with Crippen LogP contribution in [0.25, 0.3) is 0 Å². The number of carbonyl (C=O) groups excluding carboxylic acids is 2. The number of hydrazone groups is 2. The number of aromatic nitrogens is 2. The average Bonchev–Trinajstić information content (AvgIpc) is 3.03. The summed E-state index contributed by atoms with van der Waals surface area (Å²) in [5, 5.41) is 7.84. The number of carbonyl (C=O) groups is 2. The fourth-order valence-corrected chi connectivity index (χ4v) is 3.65. The Balaban J connectivity index is 1.12. The lowest BCUT2D eigenvalue weighted by Gasteiger charge is -2.31. The highest BCUT2D eigenvalue weighted by Crippen LogP contribution is 2.22. The van der Waals surface area contributed by atoms with Gasteiger partial charge in [0.25, 0.3) is 24.4 Å². The lowest BCUT2D eigenvalue weighted by atomic mass is 10.2. The molecule has 42 heavy (non-hydrogen) atoms. The van der Waals surface area contributed by atoms with Crippen LogP contribution < -0.4 is 20.3 Å². The Kier molecular flexibility index (Phi) is 9.53. The number of hydrogen-bond acceptors (Lipinski definition) is 10. The van der Waals surface area contributed by atoms with Crippen molar-refractivity contribution in [1.82, 2.24) is 20.8 Å². The highest BCUT2D eigenvalue weighted by Gasteiger charge is 2.31. The van der Waals surface area contributed by atoms with Crippen molar-refractivity contribution in [3.63, 3.8) is 0 Å². The Labute approximate surface area is 241 Å². The van der Waals surface area contributed by atoms with Crippen LogP contribution >= 0.6 is 0 Å². The maximum absolute atomic E-state index is 12.4. The van der Waals surface area contributed by atoms with E-state index in [4.69, 9.17) is 18.9 Å². The standard InChI is InChI=1S/C30H26N6O6/c37-27(35-33-19-23-5-1-3-15-31-23)21-7-11-25(12-8-21)41-29-30(40-18-17-39-29)42-26-13-9-22(10-14-26)28(38)36-34-20-24-6-2-4-16-32-24/h1-16,19-20,29-30H,17-18H2,(H,35,37)(H,36,38). The third-order valence-corrected chi connectivity index (χ3v) is 5.71. The Hall–Kier alpha value is -5.46. The van der Waals surface area contributed by atoms with E-state index < -0.39 is 12.6 Å². The van der Waals surface area contributed by atoms with Crippen LogP contribution in [0.15, 0.2) is 108 Å². The third-order valence-electron chi connectivity index (χ3n) is 5.71. The van der Waals surface area contributed by atoms with Gasteiger partial charge in [0.1, 0.15) is 11.5 Å². The maximum atomic E-state index is 12.4. The van der Waals surface area contributed by atoms with Gasteiger partial charge in [0, 0.05) is 23.5 Å². The first-order chi connectivity index (χ1) is 20.6. The number of rotatable bonds is 10. The van der Waals surface area contributed by atoms with Gasteiger partial charge < -0.3 is 18.9 Å². The molecule has 2 amide bonds. The van der Waals surface area contributed by atoms with Gasteiger partial charge in [-0.15, -0.1) is 0 Å². The van der Waals surface area contributed by atoms with Gasteiger partial charge in [0.15, 0.2) is 0 Å². The van der Waals surface area contributed by atoms with Crippen molar-refractivity contribution in [3.8, 4) is 11.5 Å². The van der Waals surface area contributed by atoms with Crippen molar-refractivity contribution in [1.29, 1.82) is 0 Å². The van der Waals surface area contributed by atoms with Crippen LogP contribution in [-0.2, 0) is 9.47 Å². The number of nitrogens with one attached hydrogen (secondary N) is 2. The minimum Gasteiger partial charge on any atom is -0.458 e. The van der Waals surface area contributed by atoms with E-state index in [1.54, 1.807) is 85.2 Å². The summed E-state index contributed by atoms with van der Waals surface area (Å²) in [4.78, 5) is 33.0. The molecule has 2 aromatic carbocycles. The summed E-state index contributed by atoms with van der Waals surface area (Å²) in [6.07, 6.45) is 4.45. The smallest absolute Gasteiger partial charge is 0.271 e. The summed E-state index contributed by atoms with van der Waals surface area (Å²) in [5.74, 6) is 0.130. The quantitative estimate of drug-likeness (QED) is 0.220. The molecule has 2 aromatic heterocycles. The molecule has 1 saturated heterocycles. The number of ether oxygens (including phenoxy) is 4. The van der Waals surface area contributed by atoms with Gasteiger partial charge in [0.05, 0.1) is 37.0 Å². The summed E-state index contributed by atoms with van der Waals surface area (Å²) >= 11 is 0. The van der Waals surface area contributed by atoms with E-state index in [1.165, 1.54) is 12.4 Å². The molecule has 5 rings (SSSR count). The van der Waals surface area contributed by atoms with Crippen LogP contribution in [0.5, 0.6) is 11.5 Å². The van der Waals surface area contributed by atoms with Crippen LogP contribution in [0.4, 0.5) is 0 Å². The summed E-state index contributed by atoms with van der Waals surface area (Å²) in [6.45, 7) is 0.634. The van der Waals surface area contributed by atoms with Crippen molar-refractivity contribution in [2.75, 3.05) is 13.2 Å². The van der Waals surface area contributed by atoms with E-state index in [-0.39, 0.29) is 11.8 Å². The number of benzene rings is 2. The number of nitrogens with zero attached hydrogens (tertiary/aromatic N) is 4. The van der Waals surface area contributed by atoms with Crippen LogP contribution in [0.1, 0.15) is 32.1 Å². The van der Waals surface area contributed by atoms with Gasteiger partial charge in [-0.25, -0.2) is 10.9 Å². The van der Waals surface area contributed by atoms with E-state index in [0.717, 1.165) is 0 Å². The molecule has 1 fully saturated rings. The predicted molar refractivity (Wildman–Crippen MR) is 152 cm³/mol. The summed E-state index contributed by atoms with van der Waals surface area (Å²) in [6, 6.07) is 23.7. The molecule has 12 nitrogen and oxygen atoms in total. The lowest BCUT2D eigenvalue weighted by Crippen LogP contribution is -2.45. The van der Waals surface area contributed by atoms with Crippen LogP contribution in [0.2, 0.25) is 0 Å². The van der Waals surface area contributed by atoms with Crippen LogP contribution in [0, 0.1) is 0 Å². The monoisotopic (exact) mass is 566 g/mol. The highest BCUT2D eigenvalue weighted by molar-refractivity contribution is 5.95. The number of hydrogen-bond donors (Lipinski definition) is 2. The molecule has 0 bridgehead atoms. The molecule has 3 heterocycles. The topological polar surface area (TPSA) is 146 Å². The molecule has 0 saturated carbocycles. The second-order valence-electron chi connectivity index (χ2n) is 8.67. The Morgan fingerprint density at radius 2 is 1.10 bits per heavy atom. The molecule has 1 aliphatic heterocycles. The molecule has 2 N–H and O–H groups in total. The van der Waals surface area contributed by atoms with Crippen molar-refractivity contribution in [2.45, 2.75) is 12.6 Å². The highest BCUT2D eigenvalue weighted by atomic mass is 16.8. The number of amides is 2. The zero-order valence-corrected chi connectivity index (χ0v) is 22.2. The summed E-state index contributed by atoms with van der Waals surface area (Å²) in [7, 11) is 0. The van der Waals surface area contributed by atoms with Crippen molar-refractivity contribution < 1.29 is 28.5 Å². The van der Waals surface area contributed by atoms with Crippen molar-refractivity contribution in [3.05, 3.63) is 120 Å². The molecular weight excluding hydrogens is 540 g/mol. The Morgan fingerprint density at radius 3 is 1.48 bits per heavy atom. The summed E-state index contributed by atoms with van der Waals surface area (Å²) < 4.78 is 23.3. The molecule has 0 spiro atoms. The van der Waals surface area contributed by atoms with E-state index in [0.29, 0.717) is 47.2 Å². The predicted octanol–water partition coefficient (Wildman–Crippen LogP) is 3.16. The molecule has 0 aliphatic carbocycles. The molecule has 2 unspecified atom stereocenters. The van der Waals surface area contributed by atoms with Crippen molar-refractivity contribution >= 4 is 24.2 Å². The van der Waals surface area contributed by atoms with Gasteiger partial charge >= 0.3 is 0 Å². The van der Waals surface area contributed by atoms with Gasteiger partial charge in [-0.05, 0) is 72.8 Å². The zero-order chi connectivity index (χ0) is 29.0. The second-order valence-corrected chi connectivity index (χ2v) is 8.67. The van der Waals surface area contributed by atoms with E-state index in [9.17, 15) is 9.59 Å². The second kappa shape index (κ2) is 14.3. The van der Waals surface area contributed by atoms with Crippen LogP contribution in [0.3, 0.4) is 0 Å². The zero-order valence-electron chi connectivity index (χ0n) is 22.2. The lowest BCUT2D eigenvalue weighted by molar-refractivity contribution is -0.271. The SMILES string of the molecule is O=C(NN=Cc1ccccn1)c1ccc(OC2OCCOC2Oc2ccc(C(=O)NN=Cc3ccccn3)cc2)cc1. The maximum Gasteiger partial charge on any atom is 0.271 e. The Bertz CT molecular complexity index is 1400. The minimum absolute atomic E-state index is 0.317. The number of pyridine rings is 2. The van der Waals surface area contributed by atoms with E-state index >= 15 is 0 Å². The molecule has 4 aromatic rings. The average molecular weight is 567 g/mol. The van der Waals surface area contributed by atoms with Crippen LogP contribution in [-0.4, -0.2) is 60.0 Å². The van der Waals surface area contributed by atoms with Gasteiger partial charge in [-0.1, -0.05) is 12.1 Å². The summed E-state index contributed by atoms with van der Waals surface area (Å²) in [5.41, 5.74) is 6.94. The first-order valence-electron chi connectivity index (χ1n) is 12.9. The Morgan fingerprint density at radius 1 is 0.667 bits per heavy atom. The fourth-order valence-electron chi connectivity index (χ4n) is 3.65. The third kappa shape index (κ3) is 8.03. The van der Waals surface area contributed by atoms with Gasteiger partial charge in [0.2, 0.25) is 0 Å². The first-order valence-corrected chi connectivity index (χ1v) is 12.9. The molecule has 0 radical (unpaired) electrons. The normalized spacial score (nSPS) is 16.7. The van der Waals surface area contributed by atoms with Gasteiger partial charge in [-0.2, -0.15) is 10.2 Å². The molecular formula is C30H26N6O6. The largest absolute Gasteiger partial charge is 0.458 e. The van der Waals surface area contributed by atoms with E-state index in [2.05, 4.69) is 31.0 Å². The van der Waals surface area contributed by atoms with Gasteiger partial charge in [-0.3, -0.25) is 19.6 Å². The van der Waals surface area contributed by atoms with E-state index in [1.807, 2.05) is 12.1 Å².